The van der Waals surface area contributed by atoms with Gasteiger partial charge in [0.15, 0.2) is 6.61 Å². The number of carbonyl (C=O) groups excluding carboxylic acids is 2. The van der Waals surface area contributed by atoms with Crippen molar-refractivity contribution in [3.05, 3.63) is 29.0 Å². The summed E-state index contributed by atoms with van der Waals surface area (Å²) >= 11 is 12.4. The lowest BCUT2D eigenvalue weighted by Gasteiger charge is -2.70. The molecular formula is C27H37Cl2FN4O3. The van der Waals surface area contributed by atoms with E-state index in [2.05, 4.69) is 20.7 Å². The van der Waals surface area contributed by atoms with Gasteiger partial charge in [-0.05, 0) is 44.2 Å². The van der Waals surface area contributed by atoms with Crippen LogP contribution >= 0.6 is 23.2 Å². The van der Waals surface area contributed by atoms with Gasteiger partial charge in [-0.1, -0.05) is 50.1 Å². The van der Waals surface area contributed by atoms with Gasteiger partial charge in [0.25, 0.3) is 5.91 Å². The highest BCUT2D eigenvalue weighted by atomic mass is 35.5. The van der Waals surface area contributed by atoms with E-state index < -0.39 is 5.82 Å². The molecule has 0 aromatic heterocycles. The van der Waals surface area contributed by atoms with Gasteiger partial charge in [-0.25, -0.2) is 14.4 Å². The van der Waals surface area contributed by atoms with E-state index in [1.54, 1.807) is 0 Å². The van der Waals surface area contributed by atoms with Gasteiger partial charge in [0.05, 0.1) is 10.4 Å². The molecule has 0 radical (unpaired) electrons. The largest absolute Gasteiger partial charge is 0.484 e. The first-order valence-corrected chi connectivity index (χ1v) is 14.4. The molecule has 5 aliphatic rings. The fourth-order valence-electron chi connectivity index (χ4n) is 6.93. The average molecular weight is 556 g/mol. The van der Waals surface area contributed by atoms with Gasteiger partial charge in [0.2, 0.25) is 5.91 Å². The number of halogens is 3. The first kappa shape index (κ1) is 27.0. The summed E-state index contributed by atoms with van der Waals surface area (Å²) in [5, 5.41) is 10.5. The van der Waals surface area contributed by atoms with Crippen molar-refractivity contribution in [2.24, 2.45) is 0 Å². The highest BCUT2D eigenvalue weighted by Crippen LogP contribution is 2.60. The SMILES string of the molecule is CN1CC(Cl)C(C(=O)NC23CC(NC(=O)COc4ccc(Cl)c(F)c4)(C2)C3)N1C1CCCCCCCC1. The average Bonchev–Trinajstić information content (AvgIpc) is 3.17. The minimum Gasteiger partial charge on any atom is -0.484 e. The molecule has 204 valence electrons. The molecule has 2 amide bonds. The highest BCUT2D eigenvalue weighted by Gasteiger charge is 2.69. The van der Waals surface area contributed by atoms with Crippen LogP contribution in [0.5, 0.6) is 5.75 Å². The van der Waals surface area contributed by atoms with Crippen LogP contribution in [0.15, 0.2) is 18.2 Å². The molecule has 4 aliphatic carbocycles. The third-order valence-corrected chi connectivity index (χ3v) is 9.20. The summed E-state index contributed by atoms with van der Waals surface area (Å²) in [6.45, 7) is 0.460. The van der Waals surface area contributed by atoms with Crippen LogP contribution in [0, 0.1) is 5.82 Å². The number of ether oxygens (including phenoxy) is 1. The van der Waals surface area contributed by atoms with E-state index >= 15 is 0 Å². The number of nitrogens with one attached hydrogen (secondary N) is 2. The summed E-state index contributed by atoms with van der Waals surface area (Å²) in [6, 6.07) is 4.05. The fourth-order valence-corrected chi connectivity index (χ4v) is 7.47. The number of rotatable bonds is 7. The van der Waals surface area contributed by atoms with Crippen molar-refractivity contribution >= 4 is 35.0 Å². The van der Waals surface area contributed by atoms with Crippen molar-refractivity contribution in [3.63, 3.8) is 0 Å². The minimum atomic E-state index is -0.590. The second-order valence-corrected chi connectivity index (χ2v) is 12.5. The van der Waals surface area contributed by atoms with Gasteiger partial charge in [-0.2, -0.15) is 0 Å². The van der Waals surface area contributed by atoms with Crippen LogP contribution in [0.2, 0.25) is 5.02 Å². The Morgan fingerprint density at radius 2 is 1.68 bits per heavy atom. The van der Waals surface area contributed by atoms with Crippen LogP contribution in [0.3, 0.4) is 0 Å². The Labute approximate surface area is 228 Å². The van der Waals surface area contributed by atoms with Crippen molar-refractivity contribution < 1.29 is 18.7 Å². The van der Waals surface area contributed by atoms with E-state index in [0.717, 1.165) is 18.9 Å². The maximum atomic E-state index is 13.6. The molecule has 1 saturated heterocycles. The fraction of sp³-hybridized carbons (Fsp3) is 0.704. The minimum absolute atomic E-state index is 0.00283. The highest BCUT2D eigenvalue weighted by molar-refractivity contribution is 6.30. The Bertz CT molecular complexity index is 998. The van der Waals surface area contributed by atoms with Gasteiger partial charge < -0.3 is 15.4 Å². The quantitative estimate of drug-likeness (QED) is 0.488. The molecule has 4 saturated carbocycles. The van der Waals surface area contributed by atoms with Gasteiger partial charge in [-0.3, -0.25) is 9.59 Å². The molecule has 2 bridgehead atoms. The van der Waals surface area contributed by atoms with Crippen LogP contribution in [-0.4, -0.2) is 70.6 Å². The van der Waals surface area contributed by atoms with Crippen LogP contribution in [0.1, 0.15) is 70.6 Å². The van der Waals surface area contributed by atoms with E-state index in [4.69, 9.17) is 27.9 Å². The van der Waals surface area contributed by atoms with E-state index in [1.165, 1.54) is 50.7 Å². The lowest BCUT2D eigenvalue weighted by molar-refractivity contribution is -0.155. The van der Waals surface area contributed by atoms with Crippen molar-refractivity contribution in [2.45, 2.75) is 99.2 Å². The molecule has 2 unspecified atom stereocenters. The van der Waals surface area contributed by atoms with Crippen molar-refractivity contribution in [2.75, 3.05) is 20.2 Å². The summed E-state index contributed by atoms with van der Waals surface area (Å²) in [5.41, 5.74) is -0.574. The molecule has 37 heavy (non-hydrogen) atoms. The number of amides is 2. The normalized spacial score (nSPS) is 32.9. The van der Waals surface area contributed by atoms with E-state index in [9.17, 15) is 14.0 Å². The molecule has 5 fully saturated rings. The van der Waals surface area contributed by atoms with Crippen LogP contribution < -0.4 is 15.4 Å². The number of hydrogen-bond donors (Lipinski definition) is 2. The number of alkyl halides is 1. The third-order valence-electron chi connectivity index (χ3n) is 8.51. The van der Waals surface area contributed by atoms with Gasteiger partial charge >= 0.3 is 0 Å². The van der Waals surface area contributed by atoms with E-state index in [-0.39, 0.29) is 51.7 Å². The number of hydrogen-bond acceptors (Lipinski definition) is 5. The molecule has 1 heterocycles. The molecule has 6 rings (SSSR count). The predicted octanol–water partition coefficient (Wildman–Crippen LogP) is 4.41. The van der Waals surface area contributed by atoms with E-state index in [1.807, 2.05) is 7.05 Å². The molecule has 1 aromatic rings. The zero-order chi connectivity index (χ0) is 26.2. The van der Waals surface area contributed by atoms with Gasteiger partial charge in [-0.15, -0.1) is 11.6 Å². The Morgan fingerprint density at radius 3 is 2.32 bits per heavy atom. The smallest absolute Gasteiger partial charge is 0.258 e. The van der Waals surface area contributed by atoms with E-state index in [0.29, 0.717) is 31.8 Å². The first-order chi connectivity index (χ1) is 17.7. The zero-order valence-corrected chi connectivity index (χ0v) is 22.9. The predicted molar refractivity (Wildman–Crippen MR) is 141 cm³/mol. The molecule has 7 nitrogen and oxygen atoms in total. The zero-order valence-electron chi connectivity index (χ0n) is 21.4. The van der Waals surface area contributed by atoms with Crippen molar-refractivity contribution in [3.8, 4) is 5.75 Å². The maximum absolute atomic E-state index is 13.6. The third kappa shape index (κ3) is 5.72. The second kappa shape index (κ2) is 10.9. The van der Waals surface area contributed by atoms with Gasteiger partial charge in [0, 0.05) is 36.8 Å². The van der Waals surface area contributed by atoms with Crippen LogP contribution in [0.4, 0.5) is 4.39 Å². The molecule has 0 spiro atoms. The Morgan fingerprint density at radius 1 is 1.05 bits per heavy atom. The summed E-state index contributed by atoms with van der Waals surface area (Å²) < 4.78 is 19.0. The summed E-state index contributed by atoms with van der Waals surface area (Å²) in [6.07, 6.45) is 11.8. The topological polar surface area (TPSA) is 73.9 Å². The molecule has 2 N–H and O–H groups in total. The number of hydrazine groups is 1. The standard InChI is InChI=1S/C27H37Cl2FN4O3/c1-33-13-21(29)24(34(33)18-8-6-4-2-3-5-7-9-18)25(36)32-27-15-26(16-27,17-27)31-23(35)14-37-19-10-11-20(28)22(30)12-19/h10-12,18,21,24H,2-9,13-17H2,1H3,(H,31,35)(H,32,36). The molecule has 2 atom stereocenters. The molecule has 10 heteroatoms. The first-order valence-electron chi connectivity index (χ1n) is 13.5. The Hall–Kier alpha value is -1.61. The van der Waals surface area contributed by atoms with Gasteiger partial charge in [0.1, 0.15) is 17.6 Å². The van der Waals surface area contributed by atoms with Crippen molar-refractivity contribution in [1.29, 1.82) is 0 Å². The van der Waals surface area contributed by atoms with Crippen LogP contribution in [0.25, 0.3) is 0 Å². The number of benzene rings is 1. The monoisotopic (exact) mass is 554 g/mol. The van der Waals surface area contributed by atoms with Crippen molar-refractivity contribution in [1.82, 2.24) is 20.7 Å². The van der Waals surface area contributed by atoms with Crippen LogP contribution in [-0.2, 0) is 9.59 Å². The lowest BCUT2D eigenvalue weighted by Crippen LogP contribution is -2.84. The molecule has 1 aliphatic heterocycles. The molecular weight excluding hydrogens is 518 g/mol. The Balaban J connectivity index is 1.12. The second-order valence-electron chi connectivity index (χ2n) is 11.5. The summed E-state index contributed by atoms with van der Waals surface area (Å²) in [5.74, 6) is -0.607. The lowest BCUT2D eigenvalue weighted by atomic mass is 9.44. The number of carbonyl (C=O) groups is 2. The maximum Gasteiger partial charge on any atom is 0.258 e. The summed E-state index contributed by atoms with van der Waals surface area (Å²) in [7, 11) is 2.04. The Kier molecular flexibility index (Phi) is 7.93. The number of nitrogens with zero attached hydrogens (tertiary/aromatic N) is 2. The summed E-state index contributed by atoms with van der Waals surface area (Å²) in [4.78, 5) is 26.0. The molecule has 1 aromatic carbocycles.